The number of nitrogens with zero attached hydrogens (tertiary/aromatic N) is 1. The van der Waals surface area contributed by atoms with Crippen molar-refractivity contribution >= 4 is 0 Å². The molecule has 0 fully saturated rings. The average molecular weight is 237 g/mol. The summed E-state index contributed by atoms with van der Waals surface area (Å²) in [6, 6.07) is 15.3. The van der Waals surface area contributed by atoms with Gasteiger partial charge in [0.05, 0.1) is 5.56 Å². The van der Waals surface area contributed by atoms with E-state index in [1.54, 1.807) is 12.1 Å². The highest BCUT2D eigenvalue weighted by Crippen LogP contribution is 2.28. The monoisotopic (exact) mass is 237 g/mol. The number of nitriles is 1. The van der Waals surface area contributed by atoms with Crippen LogP contribution in [-0.4, -0.2) is 5.11 Å². The summed E-state index contributed by atoms with van der Waals surface area (Å²) in [5.74, 6) is 0.502. The van der Waals surface area contributed by atoms with Crippen LogP contribution in [0.5, 0.6) is 5.75 Å². The van der Waals surface area contributed by atoms with Crippen molar-refractivity contribution in [1.29, 1.82) is 5.26 Å². The zero-order valence-corrected chi connectivity index (χ0v) is 10.5. The van der Waals surface area contributed by atoms with E-state index in [9.17, 15) is 5.11 Å². The maximum absolute atomic E-state index is 9.71. The SMILES string of the molecule is CC(C)c1cccc(-c2ccc(C#N)c(O)c2)c1. The van der Waals surface area contributed by atoms with E-state index in [2.05, 4.69) is 26.0 Å². The van der Waals surface area contributed by atoms with Crippen LogP contribution in [0.25, 0.3) is 11.1 Å². The van der Waals surface area contributed by atoms with Crippen LogP contribution in [0.4, 0.5) is 0 Å². The fraction of sp³-hybridized carbons (Fsp3) is 0.188. The van der Waals surface area contributed by atoms with Crippen molar-refractivity contribution in [2.45, 2.75) is 19.8 Å². The number of phenols is 1. The third-order valence-corrected chi connectivity index (χ3v) is 3.00. The Labute approximate surface area is 107 Å². The lowest BCUT2D eigenvalue weighted by Crippen LogP contribution is -1.88. The maximum Gasteiger partial charge on any atom is 0.133 e. The first-order valence-electron chi connectivity index (χ1n) is 5.95. The predicted octanol–water partition coefficient (Wildman–Crippen LogP) is 4.05. The van der Waals surface area contributed by atoms with Gasteiger partial charge in [-0.2, -0.15) is 5.26 Å². The van der Waals surface area contributed by atoms with Crippen molar-refractivity contribution in [2.75, 3.05) is 0 Å². The number of hydrogen-bond donors (Lipinski definition) is 1. The standard InChI is InChI=1S/C16H15NO/c1-11(2)12-4-3-5-13(8-12)14-6-7-15(10-17)16(18)9-14/h3-9,11,18H,1-2H3. The summed E-state index contributed by atoms with van der Waals surface area (Å²) < 4.78 is 0. The Morgan fingerprint density at radius 1 is 1.06 bits per heavy atom. The topological polar surface area (TPSA) is 44.0 Å². The van der Waals surface area contributed by atoms with Crippen LogP contribution >= 0.6 is 0 Å². The number of phenolic OH excluding ortho intramolecular Hbond substituents is 1. The van der Waals surface area contributed by atoms with Gasteiger partial charge in [0.25, 0.3) is 0 Å². The van der Waals surface area contributed by atoms with Crippen molar-refractivity contribution in [3.63, 3.8) is 0 Å². The molecule has 0 amide bonds. The molecule has 1 N–H and O–H groups in total. The van der Waals surface area contributed by atoms with Gasteiger partial charge in [0, 0.05) is 0 Å². The van der Waals surface area contributed by atoms with E-state index in [1.807, 2.05) is 24.3 Å². The van der Waals surface area contributed by atoms with E-state index in [4.69, 9.17) is 5.26 Å². The summed E-state index contributed by atoms with van der Waals surface area (Å²) in [5.41, 5.74) is 3.55. The molecule has 0 heterocycles. The van der Waals surface area contributed by atoms with E-state index < -0.39 is 0 Å². The molecule has 2 heteroatoms. The lowest BCUT2D eigenvalue weighted by Gasteiger charge is -2.09. The molecule has 90 valence electrons. The van der Waals surface area contributed by atoms with Crippen LogP contribution in [0.1, 0.15) is 30.9 Å². The Bertz CT molecular complexity index is 609. The van der Waals surface area contributed by atoms with Gasteiger partial charge in [-0.05, 0) is 34.7 Å². The van der Waals surface area contributed by atoms with Crippen LogP contribution in [-0.2, 0) is 0 Å². The first-order chi connectivity index (χ1) is 8.61. The molecule has 0 unspecified atom stereocenters. The van der Waals surface area contributed by atoms with Gasteiger partial charge in [0.15, 0.2) is 0 Å². The van der Waals surface area contributed by atoms with Crippen LogP contribution in [0.3, 0.4) is 0 Å². The molecule has 2 aromatic rings. The zero-order valence-electron chi connectivity index (χ0n) is 10.5. The van der Waals surface area contributed by atoms with Gasteiger partial charge in [-0.3, -0.25) is 0 Å². The third kappa shape index (κ3) is 2.36. The lowest BCUT2D eigenvalue weighted by atomic mass is 9.97. The lowest BCUT2D eigenvalue weighted by molar-refractivity contribution is 0.474. The van der Waals surface area contributed by atoms with Crippen molar-refractivity contribution in [3.05, 3.63) is 53.6 Å². The minimum atomic E-state index is 0.0324. The number of benzene rings is 2. The first kappa shape index (κ1) is 12.2. The van der Waals surface area contributed by atoms with Crippen LogP contribution in [0.15, 0.2) is 42.5 Å². The normalized spacial score (nSPS) is 10.3. The number of rotatable bonds is 2. The van der Waals surface area contributed by atoms with Gasteiger partial charge in [0.2, 0.25) is 0 Å². The van der Waals surface area contributed by atoms with Crippen LogP contribution < -0.4 is 0 Å². The van der Waals surface area contributed by atoms with E-state index in [0.717, 1.165) is 11.1 Å². The second-order valence-electron chi connectivity index (χ2n) is 4.62. The highest BCUT2D eigenvalue weighted by atomic mass is 16.3. The van der Waals surface area contributed by atoms with E-state index in [0.29, 0.717) is 11.5 Å². The Kier molecular flexibility index (Phi) is 3.34. The molecule has 2 aromatic carbocycles. The molecule has 0 saturated carbocycles. The van der Waals surface area contributed by atoms with E-state index >= 15 is 0 Å². The molecule has 0 saturated heterocycles. The second kappa shape index (κ2) is 4.93. The quantitative estimate of drug-likeness (QED) is 0.856. The van der Waals surface area contributed by atoms with Crippen molar-refractivity contribution in [1.82, 2.24) is 0 Å². The molecule has 2 rings (SSSR count). The van der Waals surface area contributed by atoms with E-state index in [1.165, 1.54) is 5.56 Å². The Hall–Kier alpha value is -2.27. The number of hydrogen-bond acceptors (Lipinski definition) is 2. The molecule has 0 aliphatic heterocycles. The van der Waals surface area contributed by atoms with Gasteiger partial charge < -0.3 is 5.11 Å². The first-order valence-corrected chi connectivity index (χ1v) is 5.95. The van der Waals surface area contributed by atoms with Crippen LogP contribution in [0.2, 0.25) is 0 Å². The molecule has 2 nitrogen and oxygen atoms in total. The summed E-state index contributed by atoms with van der Waals surface area (Å²) in [7, 11) is 0. The third-order valence-electron chi connectivity index (χ3n) is 3.00. The zero-order chi connectivity index (χ0) is 13.1. The fourth-order valence-corrected chi connectivity index (χ4v) is 1.88. The Morgan fingerprint density at radius 2 is 1.78 bits per heavy atom. The summed E-state index contributed by atoms with van der Waals surface area (Å²) >= 11 is 0. The number of aromatic hydroxyl groups is 1. The molecule has 0 aliphatic rings. The largest absolute Gasteiger partial charge is 0.507 e. The molecular weight excluding hydrogens is 222 g/mol. The molecule has 0 atom stereocenters. The molecule has 0 aromatic heterocycles. The molecule has 18 heavy (non-hydrogen) atoms. The fourth-order valence-electron chi connectivity index (χ4n) is 1.88. The van der Waals surface area contributed by atoms with Gasteiger partial charge in [0.1, 0.15) is 11.8 Å². The smallest absolute Gasteiger partial charge is 0.133 e. The van der Waals surface area contributed by atoms with Gasteiger partial charge in [-0.25, -0.2) is 0 Å². The highest BCUT2D eigenvalue weighted by molar-refractivity contribution is 5.67. The van der Waals surface area contributed by atoms with Gasteiger partial charge in [-0.15, -0.1) is 0 Å². The van der Waals surface area contributed by atoms with Gasteiger partial charge in [-0.1, -0.05) is 44.2 Å². The molecular formula is C16H15NO. The maximum atomic E-state index is 9.71. The Morgan fingerprint density at radius 3 is 2.39 bits per heavy atom. The summed E-state index contributed by atoms with van der Waals surface area (Å²) in [5, 5.41) is 18.5. The minimum Gasteiger partial charge on any atom is -0.507 e. The molecule has 0 aliphatic carbocycles. The van der Waals surface area contributed by atoms with Crippen molar-refractivity contribution in [2.24, 2.45) is 0 Å². The molecule has 0 bridgehead atoms. The average Bonchev–Trinajstić information content (AvgIpc) is 2.38. The van der Waals surface area contributed by atoms with Crippen molar-refractivity contribution in [3.8, 4) is 22.9 Å². The van der Waals surface area contributed by atoms with Crippen LogP contribution in [0, 0.1) is 11.3 Å². The molecule has 0 spiro atoms. The minimum absolute atomic E-state index is 0.0324. The summed E-state index contributed by atoms with van der Waals surface area (Å²) in [4.78, 5) is 0. The van der Waals surface area contributed by atoms with Gasteiger partial charge >= 0.3 is 0 Å². The predicted molar refractivity (Wildman–Crippen MR) is 72.3 cm³/mol. The second-order valence-corrected chi connectivity index (χ2v) is 4.62. The van der Waals surface area contributed by atoms with E-state index in [-0.39, 0.29) is 5.75 Å². The summed E-state index contributed by atoms with van der Waals surface area (Å²) in [6.07, 6.45) is 0. The molecule has 0 radical (unpaired) electrons. The summed E-state index contributed by atoms with van der Waals surface area (Å²) in [6.45, 7) is 4.30. The highest BCUT2D eigenvalue weighted by Gasteiger charge is 2.05. The van der Waals surface area contributed by atoms with Crippen molar-refractivity contribution < 1.29 is 5.11 Å². The Balaban J connectivity index is 2.46.